The van der Waals surface area contributed by atoms with E-state index >= 15 is 0 Å². The molecule has 0 aromatic heterocycles. The lowest BCUT2D eigenvalue weighted by Gasteiger charge is -2.17. The minimum Gasteiger partial charge on any atom is -0.373 e. The van der Waals surface area contributed by atoms with Crippen molar-refractivity contribution in [3.63, 3.8) is 0 Å². The van der Waals surface area contributed by atoms with E-state index in [0.29, 0.717) is 11.1 Å². The first-order chi connectivity index (χ1) is 8.47. The van der Waals surface area contributed by atoms with Crippen LogP contribution in [0.1, 0.15) is 25.3 Å². The Morgan fingerprint density at radius 3 is 2.78 bits per heavy atom. The molecule has 1 aromatic rings. The zero-order chi connectivity index (χ0) is 13.3. The molecule has 1 aliphatic rings. The van der Waals surface area contributed by atoms with E-state index in [9.17, 15) is 4.79 Å². The Bertz CT molecular complexity index is 474. The third-order valence-corrected chi connectivity index (χ3v) is 4.00. The molecule has 2 N–H and O–H groups in total. The largest absolute Gasteiger partial charge is 0.373 e. The highest BCUT2D eigenvalue weighted by Gasteiger charge is 2.25. The van der Waals surface area contributed by atoms with Gasteiger partial charge in [0, 0.05) is 15.5 Å². The molecule has 1 amide bonds. The Hall–Kier alpha value is -0.740. The van der Waals surface area contributed by atoms with Crippen LogP contribution in [-0.2, 0) is 4.79 Å². The summed E-state index contributed by atoms with van der Waals surface area (Å²) in [7, 11) is 0. The van der Waals surface area contributed by atoms with Crippen LogP contribution in [0.15, 0.2) is 16.6 Å². The number of nitrogens with one attached hydrogen (secondary N) is 2. The van der Waals surface area contributed by atoms with Gasteiger partial charge < -0.3 is 10.6 Å². The molecule has 1 unspecified atom stereocenters. The van der Waals surface area contributed by atoms with Crippen molar-refractivity contribution in [2.45, 2.75) is 38.8 Å². The topological polar surface area (TPSA) is 41.1 Å². The van der Waals surface area contributed by atoms with Gasteiger partial charge in [0.25, 0.3) is 0 Å². The molecule has 98 valence electrons. The molecule has 5 heteroatoms. The molecule has 1 aromatic carbocycles. The van der Waals surface area contributed by atoms with Gasteiger partial charge in [0.2, 0.25) is 5.91 Å². The molecule has 0 saturated heterocycles. The number of carbonyl (C=O) groups is 1. The zero-order valence-corrected chi connectivity index (χ0v) is 12.7. The van der Waals surface area contributed by atoms with E-state index in [1.165, 1.54) is 0 Å². The van der Waals surface area contributed by atoms with Crippen LogP contribution in [0.25, 0.3) is 0 Å². The van der Waals surface area contributed by atoms with E-state index in [2.05, 4.69) is 26.6 Å². The van der Waals surface area contributed by atoms with Crippen LogP contribution in [0, 0.1) is 6.92 Å². The maximum atomic E-state index is 11.8. The molecule has 18 heavy (non-hydrogen) atoms. The first kappa shape index (κ1) is 13.7. The second-order valence-electron chi connectivity index (χ2n) is 4.73. The molecule has 0 aliphatic heterocycles. The minimum absolute atomic E-state index is 0.0288. The molecule has 2 rings (SSSR count). The van der Waals surface area contributed by atoms with Crippen LogP contribution < -0.4 is 10.6 Å². The number of anilines is 1. The lowest BCUT2D eigenvalue weighted by molar-refractivity contribution is -0.121. The fraction of sp³-hybridized carbons (Fsp3) is 0.462. The van der Waals surface area contributed by atoms with Crippen LogP contribution >= 0.6 is 27.5 Å². The van der Waals surface area contributed by atoms with Crippen molar-refractivity contribution < 1.29 is 4.79 Å². The lowest BCUT2D eigenvalue weighted by Crippen LogP contribution is -2.38. The van der Waals surface area contributed by atoms with E-state index < -0.39 is 0 Å². The maximum Gasteiger partial charge on any atom is 0.242 e. The number of benzene rings is 1. The van der Waals surface area contributed by atoms with Gasteiger partial charge in [0.1, 0.15) is 6.04 Å². The van der Waals surface area contributed by atoms with Crippen molar-refractivity contribution in [2.24, 2.45) is 0 Å². The van der Waals surface area contributed by atoms with Gasteiger partial charge in [-0.3, -0.25) is 4.79 Å². The Kier molecular flexibility index (Phi) is 4.17. The van der Waals surface area contributed by atoms with Crippen molar-refractivity contribution in [3.05, 3.63) is 27.2 Å². The summed E-state index contributed by atoms with van der Waals surface area (Å²) in [6.45, 7) is 3.79. The van der Waals surface area contributed by atoms with E-state index in [4.69, 9.17) is 11.6 Å². The van der Waals surface area contributed by atoms with Crippen molar-refractivity contribution in [1.29, 1.82) is 0 Å². The van der Waals surface area contributed by atoms with Gasteiger partial charge in [0.05, 0.1) is 5.69 Å². The summed E-state index contributed by atoms with van der Waals surface area (Å²) in [6, 6.07) is 3.88. The fourth-order valence-corrected chi connectivity index (χ4v) is 2.35. The minimum atomic E-state index is -0.277. The summed E-state index contributed by atoms with van der Waals surface area (Å²) < 4.78 is 0.912. The van der Waals surface area contributed by atoms with Crippen molar-refractivity contribution in [3.8, 4) is 0 Å². The number of amides is 1. The first-order valence-corrected chi connectivity index (χ1v) is 7.17. The monoisotopic (exact) mass is 330 g/mol. The number of hydrogen-bond donors (Lipinski definition) is 2. The molecular weight excluding hydrogens is 316 g/mol. The summed E-state index contributed by atoms with van der Waals surface area (Å²) in [5.41, 5.74) is 1.84. The summed E-state index contributed by atoms with van der Waals surface area (Å²) in [5, 5.41) is 6.83. The van der Waals surface area contributed by atoms with Crippen LogP contribution in [0.2, 0.25) is 5.02 Å². The Balaban J connectivity index is 2.03. The van der Waals surface area contributed by atoms with E-state index in [-0.39, 0.29) is 11.9 Å². The van der Waals surface area contributed by atoms with Gasteiger partial charge in [-0.1, -0.05) is 11.6 Å². The first-order valence-electron chi connectivity index (χ1n) is 6.00. The standard InChI is InChI=1S/C13H16BrClN2O/c1-7-5-10(14)12(6-11(7)15)16-8(2)13(18)17-9-3-4-9/h5-6,8-9,16H,3-4H2,1-2H3,(H,17,18). The summed E-state index contributed by atoms with van der Waals surface area (Å²) in [5.74, 6) is 0.0288. The maximum absolute atomic E-state index is 11.8. The molecular formula is C13H16BrClN2O. The second-order valence-corrected chi connectivity index (χ2v) is 5.99. The van der Waals surface area contributed by atoms with Crippen LogP contribution in [0.3, 0.4) is 0 Å². The molecule has 0 heterocycles. The molecule has 1 saturated carbocycles. The van der Waals surface area contributed by atoms with E-state index in [0.717, 1.165) is 28.6 Å². The average Bonchev–Trinajstić information content (AvgIpc) is 3.09. The lowest BCUT2D eigenvalue weighted by atomic mass is 10.2. The molecule has 0 spiro atoms. The van der Waals surface area contributed by atoms with Crippen LogP contribution in [-0.4, -0.2) is 18.0 Å². The van der Waals surface area contributed by atoms with Crippen molar-refractivity contribution in [2.75, 3.05) is 5.32 Å². The molecule has 0 radical (unpaired) electrons. The predicted molar refractivity (Wildman–Crippen MR) is 78.1 cm³/mol. The quantitative estimate of drug-likeness (QED) is 0.887. The average molecular weight is 332 g/mol. The summed E-state index contributed by atoms with van der Waals surface area (Å²) >= 11 is 9.55. The molecule has 1 atom stereocenters. The van der Waals surface area contributed by atoms with Crippen molar-refractivity contribution in [1.82, 2.24) is 5.32 Å². The van der Waals surface area contributed by atoms with Gasteiger partial charge in [-0.25, -0.2) is 0 Å². The smallest absolute Gasteiger partial charge is 0.242 e. The molecule has 1 fully saturated rings. The van der Waals surface area contributed by atoms with E-state index in [1.807, 2.05) is 26.0 Å². The second kappa shape index (κ2) is 5.49. The Morgan fingerprint density at radius 2 is 2.17 bits per heavy atom. The SMILES string of the molecule is Cc1cc(Br)c(NC(C)C(=O)NC2CC2)cc1Cl. The zero-order valence-electron chi connectivity index (χ0n) is 10.4. The van der Waals surface area contributed by atoms with Crippen molar-refractivity contribution >= 4 is 39.1 Å². The number of halogens is 2. The number of hydrogen-bond acceptors (Lipinski definition) is 2. The van der Waals surface area contributed by atoms with Crippen LogP contribution in [0.5, 0.6) is 0 Å². The molecule has 3 nitrogen and oxygen atoms in total. The third kappa shape index (κ3) is 3.39. The third-order valence-electron chi connectivity index (χ3n) is 2.94. The van der Waals surface area contributed by atoms with Crippen LogP contribution in [0.4, 0.5) is 5.69 Å². The van der Waals surface area contributed by atoms with Gasteiger partial charge in [0.15, 0.2) is 0 Å². The Morgan fingerprint density at radius 1 is 1.50 bits per heavy atom. The summed E-state index contributed by atoms with van der Waals surface area (Å²) in [6.07, 6.45) is 2.19. The fourth-order valence-electron chi connectivity index (χ4n) is 1.61. The highest BCUT2D eigenvalue weighted by molar-refractivity contribution is 9.10. The normalized spacial score (nSPS) is 16.2. The Labute approximate surface area is 120 Å². The number of carbonyl (C=O) groups excluding carboxylic acids is 1. The number of rotatable bonds is 4. The molecule has 0 bridgehead atoms. The number of aryl methyl sites for hydroxylation is 1. The summed E-state index contributed by atoms with van der Waals surface area (Å²) in [4.78, 5) is 11.8. The van der Waals surface area contributed by atoms with Gasteiger partial charge in [-0.05, 0) is 60.3 Å². The highest BCUT2D eigenvalue weighted by atomic mass is 79.9. The highest BCUT2D eigenvalue weighted by Crippen LogP contribution is 2.29. The van der Waals surface area contributed by atoms with Gasteiger partial charge >= 0.3 is 0 Å². The molecule has 1 aliphatic carbocycles. The van der Waals surface area contributed by atoms with Gasteiger partial charge in [-0.2, -0.15) is 0 Å². The van der Waals surface area contributed by atoms with E-state index in [1.54, 1.807) is 0 Å². The predicted octanol–water partition coefficient (Wildman–Crippen LogP) is 3.49. The van der Waals surface area contributed by atoms with Gasteiger partial charge in [-0.15, -0.1) is 0 Å².